The van der Waals surface area contributed by atoms with Crippen LogP contribution in [-0.4, -0.2) is 47.4 Å². The number of benzene rings is 1. The lowest BCUT2D eigenvalue weighted by molar-refractivity contribution is -0.137. The molecule has 6 heteroatoms. The van der Waals surface area contributed by atoms with Crippen LogP contribution in [0.1, 0.15) is 50.5 Å². The molecule has 1 unspecified atom stereocenters. The highest BCUT2D eigenvalue weighted by Gasteiger charge is 2.28. The van der Waals surface area contributed by atoms with Gasteiger partial charge in [-0.25, -0.2) is 0 Å². The molecular formula is C21H30N2O4. The fourth-order valence-electron chi connectivity index (χ4n) is 3.41. The average molecular weight is 374 g/mol. The largest absolute Gasteiger partial charge is 0.481 e. The smallest absolute Gasteiger partial charge is 0.303 e. The molecule has 6 nitrogen and oxygen atoms in total. The predicted octanol–water partition coefficient (Wildman–Crippen LogP) is 2.62. The molecule has 148 valence electrons. The Morgan fingerprint density at radius 2 is 1.81 bits per heavy atom. The molecule has 27 heavy (non-hydrogen) atoms. The Balaban J connectivity index is 1.66. The van der Waals surface area contributed by atoms with Crippen LogP contribution in [0.15, 0.2) is 30.3 Å². The van der Waals surface area contributed by atoms with Gasteiger partial charge in [-0.05, 0) is 31.2 Å². The lowest BCUT2D eigenvalue weighted by atomic mass is 9.96. The van der Waals surface area contributed by atoms with Crippen molar-refractivity contribution in [1.82, 2.24) is 10.2 Å². The Kier molecular flexibility index (Phi) is 8.81. The van der Waals surface area contributed by atoms with E-state index in [9.17, 15) is 14.4 Å². The van der Waals surface area contributed by atoms with Crippen LogP contribution in [0.3, 0.4) is 0 Å². The number of nitrogens with one attached hydrogen (secondary N) is 1. The number of carbonyl (C=O) groups excluding carboxylic acids is 2. The predicted molar refractivity (Wildman–Crippen MR) is 103 cm³/mol. The maximum Gasteiger partial charge on any atom is 0.303 e. The van der Waals surface area contributed by atoms with Crippen LogP contribution in [0.25, 0.3) is 0 Å². The SMILES string of the molecule is O=C(O)CCCCCCNC(=O)C1CCCN(C(=O)Cc2ccccc2)C1. The van der Waals surface area contributed by atoms with E-state index in [0.29, 0.717) is 25.9 Å². The van der Waals surface area contributed by atoms with Crippen LogP contribution >= 0.6 is 0 Å². The molecule has 2 rings (SSSR count). The topological polar surface area (TPSA) is 86.7 Å². The number of hydrogen-bond acceptors (Lipinski definition) is 3. The summed E-state index contributed by atoms with van der Waals surface area (Å²) < 4.78 is 0. The van der Waals surface area contributed by atoms with Crippen LogP contribution in [0.4, 0.5) is 0 Å². The molecule has 0 saturated carbocycles. The summed E-state index contributed by atoms with van der Waals surface area (Å²) in [5, 5.41) is 11.6. The van der Waals surface area contributed by atoms with Crippen molar-refractivity contribution in [2.45, 2.75) is 51.4 Å². The third kappa shape index (κ3) is 7.81. The summed E-state index contributed by atoms with van der Waals surface area (Å²) in [5.74, 6) is -0.785. The molecule has 0 bridgehead atoms. The van der Waals surface area contributed by atoms with Crippen LogP contribution in [0.2, 0.25) is 0 Å². The molecule has 2 N–H and O–H groups in total. The number of hydrogen-bond donors (Lipinski definition) is 2. The van der Waals surface area contributed by atoms with Gasteiger partial charge in [0.1, 0.15) is 0 Å². The molecule has 1 saturated heterocycles. The summed E-state index contributed by atoms with van der Waals surface area (Å²) in [6, 6.07) is 9.68. The minimum absolute atomic E-state index is 0.0257. The number of carboxylic acid groups (broad SMARTS) is 1. The second-order valence-corrected chi connectivity index (χ2v) is 7.19. The molecule has 0 aromatic heterocycles. The van der Waals surface area contributed by atoms with E-state index in [4.69, 9.17) is 5.11 Å². The Morgan fingerprint density at radius 3 is 2.56 bits per heavy atom. The first-order chi connectivity index (χ1) is 13.1. The van der Waals surface area contributed by atoms with Crippen molar-refractivity contribution in [3.63, 3.8) is 0 Å². The Bertz CT molecular complexity index is 618. The Morgan fingerprint density at radius 1 is 1.07 bits per heavy atom. The van der Waals surface area contributed by atoms with E-state index in [1.54, 1.807) is 0 Å². The summed E-state index contributed by atoms with van der Waals surface area (Å²) in [7, 11) is 0. The number of rotatable bonds is 10. The van der Waals surface area contributed by atoms with Gasteiger partial charge in [-0.15, -0.1) is 0 Å². The van der Waals surface area contributed by atoms with E-state index in [2.05, 4.69) is 5.32 Å². The minimum Gasteiger partial charge on any atom is -0.481 e. The number of carbonyl (C=O) groups is 3. The molecule has 1 aliphatic heterocycles. The summed E-state index contributed by atoms with van der Waals surface area (Å²) in [5.41, 5.74) is 0.997. The zero-order valence-corrected chi connectivity index (χ0v) is 15.9. The summed E-state index contributed by atoms with van der Waals surface area (Å²) in [4.78, 5) is 37.1. The summed E-state index contributed by atoms with van der Waals surface area (Å²) in [6.07, 6.45) is 5.59. The highest BCUT2D eigenvalue weighted by Crippen LogP contribution is 2.18. The first kappa shape index (κ1) is 20.9. The first-order valence-corrected chi connectivity index (χ1v) is 9.87. The third-order valence-corrected chi connectivity index (χ3v) is 4.96. The van der Waals surface area contributed by atoms with Gasteiger partial charge in [-0.3, -0.25) is 14.4 Å². The summed E-state index contributed by atoms with van der Waals surface area (Å²) >= 11 is 0. The van der Waals surface area contributed by atoms with Gasteiger partial charge in [-0.2, -0.15) is 0 Å². The quantitative estimate of drug-likeness (QED) is 0.617. The maximum atomic E-state index is 12.5. The van der Waals surface area contributed by atoms with Gasteiger partial charge in [0.25, 0.3) is 0 Å². The van der Waals surface area contributed by atoms with Gasteiger partial charge in [0.15, 0.2) is 0 Å². The molecule has 1 aliphatic rings. The Hall–Kier alpha value is -2.37. The fourth-order valence-corrected chi connectivity index (χ4v) is 3.41. The van der Waals surface area contributed by atoms with E-state index >= 15 is 0 Å². The van der Waals surface area contributed by atoms with Crippen molar-refractivity contribution in [2.75, 3.05) is 19.6 Å². The summed E-state index contributed by atoms with van der Waals surface area (Å²) in [6.45, 7) is 1.83. The van der Waals surface area contributed by atoms with E-state index in [1.807, 2.05) is 35.2 Å². The van der Waals surface area contributed by atoms with Crippen LogP contribution in [-0.2, 0) is 20.8 Å². The highest BCUT2D eigenvalue weighted by molar-refractivity contribution is 5.82. The van der Waals surface area contributed by atoms with Gasteiger partial charge in [0.05, 0.1) is 12.3 Å². The molecule has 0 spiro atoms. The van der Waals surface area contributed by atoms with Gasteiger partial charge in [0.2, 0.25) is 11.8 Å². The number of piperidine rings is 1. The monoisotopic (exact) mass is 374 g/mol. The fraction of sp³-hybridized carbons (Fsp3) is 0.571. The van der Waals surface area contributed by atoms with Gasteiger partial charge in [-0.1, -0.05) is 43.2 Å². The zero-order valence-electron chi connectivity index (χ0n) is 15.9. The average Bonchev–Trinajstić information content (AvgIpc) is 2.67. The van der Waals surface area contributed by atoms with Gasteiger partial charge >= 0.3 is 5.97 Å². The Labute approximate surface area is 160 Å². The highest BCUT2D eigenvalue weighted by atomic mass is 16.4. The minimum atomic E-state index is -0.757. The van der Waals surface area contributed by atoms with Crippen molar-refractivity contribution in [1.29, 1.82) is 0 Å². The van der Waals surface area contributed by atoms with Gasteiger partial charge < -0.3 is 15.3 Å². The van der Waals surface area contributed by atoms with Crippen molar-refractivity contribution in [3.8, 4) is 0 Å². The van der Waals surface area contributed by atoms with Crippen molar-refractivity contribution < 1.29 is 19.5 Å². The van der Waals surface area contributed by atoms with E-state index in [-0.39, 0.29) is 24.2 Å². The normalized spacial score (nSPS) is 16.7. The van der Waals surface area contributed by atoms with Gasteiger partial charge in [0, 0.05) is 26.1 Å². The number of likely N-dealkylation sites (tertiary alicyclic amines) is 1. The molecule has 0 radical (unpaired) electrons. The second-order valence-electron chi connectivity index (χ2n) is 7.19. The lowest BCUT2D eigenvalue weighted by Gasteiger charge is -2.32. The molecule has 0 aliphatic carbocycles. The molecule has 1 fully saturated rings. The number of aliphatic carboxylic acids is 1. The first-order valence-electron chi connectivity index (χ1n) is 9.87. The standard InChI is InChI=1S/C21H30N2O4/c24-19(15-17-9-4-3-5-10-17)23-14-8-11-18(16-23)21(27)22-13-7-2-1-6-12-20(25)26/h3-5,9-10,18H,1-2,6-8,11-16H2,(H,22,27)(H,25,26). The number of carboxylic acids is 1. The third-order valence-electron chi connectivity index (χ3n) is 4.96. The van der Waals surface area contributed by atoms with E-state index in [1.165, 1.54) is 0 Å². The van der Waals surface area contributed by atoms with Crippen LogP contribution < -0.4 is 5.32 Å². The lowest BCUT2D eigenvalue weighted by Crippen LogP contribution is -2.46. The molecule has 1 aromatic rings. The molecular weight excluding hydrogens is 344 g/mol. The van der Waals surface area contributed by atoms with Crippen LogP contribution in [0, 0.1) is 5.92 Å². The van der Waals surface area contributed by atoms with Crippen LogP contribution in [0.5, 0.6) is 0 Å². The zero-order chi connectivity index (χ0) is 19.5. The molecule has 1 heterocycles. The van der Waals surface area contributed by atoms with Crippen molar-refractivity contribution in [3.05, 3.63) is 35.9 Å². The molecule has 1 aromatic carbocycles. The van der Waals surface area contributed by atoms with Crippen molar-refractivity contribution >= 4 is 17.8 Å². The molecule has 2 amide bonds. The number of unbranched alkanes of at least 4 members (excludes halogenated alkanes) is 3. The van der Waals surface area contributed by atoms with Crippen molar-refractivity contribution in [2.24, 2.45) is 5.92 Å². The maximum absolute atomic E-state index is 12.5. The number of amides is 2. The second kappa shape index (κ2) is 11.4. The van der Waals surface area contributed by atoms with E-state index < -0.39 is 5.97 Å². The van der Waals surface area contributed by atoms with E-state index in [0.717, 1.165) is 44.2 Å². The molecule has 1 atom stereocenters. The number of nitrogens with zero attached hydrogens (tertiary/aromatic N) is 1.